The summed E-state index contributed by atoms with van der Waals surface area (Å²) in [5.41, 5.74) is 3.22. The Kier molecular flexibility index (Phi) is 7.09. The van der Waals surface area contributed by atoms with Crippen LogP contribution in [0.2, 0.25) is 0 Å². The molecular weight excluding hydrogens is 464 g/mol. The van der Waals surface area contributed by atoms with Crippen LogP contribution in [0.5, 0.6) is 5.75 Å². The molecule has 3 aromatic carbocycles. The van der Waals surface area contributed by atoms with Crippen LogP contribution in [-0.4, -0.2) is 29.0 Å². The Balaban J connectivity index is 1.19. The molecule has 6 heteroatoms. The number of thioether (sulfide) groups is 1. The summed E-state index contributed by atoms with van der Waals surface area (Å²) in [4.78, 5) is 16.6. The molecule has 0 aromatic heterocycles. The Hall–Kier alpha value is -2.86. The molecule has 5 rings (SSSR count). The largest absolute Gasteiger partial charge is 0.487 e. The maximum atomic E-state index is 14.0. The molecule has 182 valence electrons. The molecule has 0 N–H and O–H groups in total. The van der Waals surface area contributed by atoms with Crippen molar-refractivity contribution in [3.63, 3.8) is 0 Å². The maximum Gasteiger partial charge on any atom is 0.254 e. The molecular formula is C29H29F2NO2S. The van der Waals surface area contributed by atoms with E-state index in [9.17, 15) is 13.6 Å². The zero-order valence-corrected chi connectivity index (χ0v) is 20.6. The fourth-order valence-electron chi connectivity index (χ4n) is 5.19. The van der Waals surface area contributed by atoms with Crippen LogP contribution in [0.4, 0.5) is 8.78 Å². The normalized spacial score (nSPS) is 21.2. The Morgan fingerprint density at radius 3 is 2.23 bits per heavy atom. The van der Waals surface area contributed by atoms with Gasteiger partial charge >= 0.3 is 0 Å². The molecule has 3 nitrogen and oxygen atoms in total. The number of benzene rings is 3. The lowest BCUT2D eigenvalue weighted by Gasteiger charge is -2.39. The molecule has 3 aromatic rings. The van der Waals surface area contributed by atoms with Crippen molar-refractivity contribution < 1.29 is 18.3 Å². The van der Waals surface area contributed by atoms with Crippen LogP contribution in [0.1, 0.15) is 54.1 Å². The summed E-state index contributed by atoms with van der Waals surface area (Å²) in [7, 11) is 0. The van der Waals surface area contributed by atoms with Gasteiger partial charge in [0.15, 0.2) is 11.6 Å². The van der Waals surface area contributed by atoms with Crippen LogP contribution in [0.25, 0.3) is 0 Å². The second-order valence-electron chi connectivity index (χ2n) is 9.37. The predicted octanol–water partition coefficient (Wildman–Crippen LogP) is 7.03. The number of rotatable bonds is 7. The molecule has 2 atom stereocenters. The Bertz CT molecular complexity index is 1170. The summed E-state index contributed by atoms with van der Waals surface area (Å²) in [5.74, 6) is -0.324. The van der Waals surface area contributed by atoms with Crippen LogP contribution < -0.4 is 4.74 Å². The van der Waals surface area contributed by atoms with E-state index in [1.807, 2.05) is 29.2 Å². The van der Waals surface area contributed by atoms with Crippen molar-refractivity contribution in [3.8, 4) is 5.75 Å². The van der Waals surface area contributed by atoms with Gasteiger partial charge in [-0.15, -0.1) is 11.8 Å². The zero-order chi connectivity index (χ0) is 24.4. The number of carbonyl (C=O) groups excluding carboxylic acids is 1. The number of halogens is 2. The Morgan fingerprint density at radius 1 is 0.943 bits per heavy atom. The van der Waals surface area contributed by atoms with Gasteiger partial charge in [-0.1, -0.05) is 31.2 Å². The van der Waals surface area contributed by atoms with Crippen LogP contribution in [0.3, 0.4) is 0 Å². The Morgan fingerprint density at radius 2 is 1.60 bits per heavy atom. The summed E-state index contributed by atoms with van der Waals surface area (Å²) < 4.78 is 33.1. The van der Waals surface area contributed by atoms with Crippen molar-refractivity contribution in [3.05, 3.63) is 95.1 Å². The van der Waals surface area contributed by atoms with E-state index in [0.717, 1.165) is 31.1 Å². The summed E-state index contributed by atoms with van der Waals surface area (Å²) >= 11 is 1.79. The van der Waals surface area contributed by atoms with Gasteiger partial charge in [0.05, 0.1) is 0 Å². The van der Waals surface area contributed by atoms with Crippen molar-refractivity contribution in [2.75, 3.05) is 0 Å². The molecule has 2 heterocycles. The molecule has 35 heavy (non-hydrogen) atoms. The monoisotopic (exact) mass is 493 g/mol. The quantitative estimate of drug-likeness (QED) is 0.331. The number of hydrogen-bond donors (Lipinski definition) is 0. The smallest absolute Gasteiger partial charge is 0.254 e. The molecule has 2 unspecified atom stereocenters. The van der Waals surface area contributed by atoms with E-state index in [0.29, 0.717) is 18.4 Å². The van der Waals surface area contributed by atoms with Gasteiger partial charge in [-0.05, 0) is 66.8 Å². The maximum absolute atomic E-state index is 14.0. The second-order valence-corrected chi connectivity index (χ2v) is 10.4. The first kappa shape index (κ1) is 23.9. The number of piperidine rings is 1. The predicted molar refractivity (Wildman–Crippen MR) is 135 cm³/mol. The average Bonchev–Trinajstić information content (AvgIpc) is 3.14. The number of amides is 1. The highest BCUT2D eigenvalue weighted by Crippen LogP contribution is 2.38. The molecule has 2 aliphatic rings. The lowest BCUT2D eigenvalue weighted by molar-refractivity contribution is 0.0349. The molecule has 0 radical (unpaired) electrons. The number of carbonyl (C=O) groups is 1. The standard InChI is InChI=1S/C29H29F2NO2S/c1-2-19-5-12-26(13-6-19)35-18-20-3-7-21(8-4-20)29(33)32-23-10-11-24(32)17-25(16-23)34-28-14-9-22(30)15-27(28)31/h3-9,12-15,23-25H,2,10-11,16-18H2,1H3. The Labute approximate surface area is 209 Å². The van der Waals surface area contributed by atoms with Gasteiger partial charge in [-0.25, -0.2) is 8.78 Å². The highest BCUT2D eigenvalue weighted by Gasteiger charge is 2.44. The number of aryl methyl sites for hydroxylation is 1. The number of nitrogens with zero attached hydrogens (tertiary/aromatic N) is 1. The molecule has 0 spiro atoms. The minimum absolute atomic E-state index is 0.0540. The van der Waals surface area contributed by atoms with E-state index in [2.05, 4.69) is 31.2 Å². The topological polar surface area (TPSA) is 29.5 Å². The van der Waals surface area contributed by atoms with Gasteiger partial charge in [0.1, 0.15) is 11.9 Å². The van der Waals surface area contributed by atoms with E-state index in [-0.39, 0.29) is 29.8 Å². The minimum atomic E-state index is -0.688. The second kappa shape index (κ2) is 10.4. The van der Waals surface area contributed by atoms with Gasteiger partial charge in [-0.2, -0.15) is 0 Å². The van der Waals surface area contributed by atoms with Crippen LogP contribution in [-0.2, 0) is 12.2 Å². The number of hydrogen-bond acceptors (Lipinski definition) is 3. The summed E-state index contributed by atoms with van der Waals surface area (Å²) in [6.07, 6.45) is 4.03. The van der Waals surface area contributed by atoms with Crippen molar-refractivity contribution in [2.24, 2.45) is 0 Å². The van der Waals surface area contributed by atoms with Crippen molar-refractivity contribution in [2.45, 2.75) is 67.9 Å². The molecule has 2 saturated heterocycles. The SMILES string of the molecule is CCc1ccc(SCc2ccc(C(=O)N3C4CCC3CC(Oc3ccc(F)cc3F)C4)cc2)cc1. The van der Waals surface area contributed by atoms with Crippen molar-refractivity contribution in [1.82, 2.24) is 4.90 Å². The third kappa shape index (κ3) is 5.37. The lowest BCUT2D eigenvalue weighted by Crippen LogP contribution is -2.49. The molecule has 0 aliphatic carbocycles. The molecule has 2 bridgehead atoms. The summed E-state index contributed by atoms with van der Waals surface area (Å²) in [6.45, 7) is 2.15. The van der Waals surface area contributed by atoms with Crippen LogP contribution in [0.15, 0.2) is 71.6 Å². The average molecular weight is 494 g/mol. The van der Waals surface area contributed by atoms with E-state index in [1.54, 1.807) is 11.8 Å². The van der Waals surface area contributed by atoms with E-state index >= 15 is 0 Å². The molecule has 2 fully saturated rings. The summed E-state index contributed by atoms with van der Waals surface area (Å²) in [6, 6.07) is 20.1. The third-order valence-corrected chi connectivity index (χ3v) is 8.13. The molecule has 2 aliphatic heterocycles. The van der Waals surface area contributed by atoms with E-state index in [4.69, 9.17) is 4.74 Å². The first-order chi connectivity index (χ1) is 17.0. The van der Waals surface area contributed by atoms with Gasteiger partial charge in [0.2, 0.25) is 0 Å². The fraction of sp³-hybridized carbons (Fsp3) is 0.345. The molecule has 1 amide bonds. The summed E-state index contributed by atoms with van der Waals surface area (Å²) in [5, 5.41) is 0. The third-order valence-electron chi connectivity index (χ3n) is 7.05. The minimum Gasteiger partial charge on any atom is -0.487 e. The van der Waals surface area contributed by atoms with Gasteiger partial charge in [0.25, 0.3) is 5.91 Å². The van der Waals surface area contributed by atoms with Gasteiger partial charge in [-0.3, -0.25) is 4.79 Å². The van der Waals surface area contributed by atoms with Crippen LogP contribution in [0, 0.1) is 11.6 Å². The van der Waals surface area contributed by atoms with Gasteiger partial charge < -0.3 is 9.64 Å². The number of ether oxygens (including phenoxy) is 1. The van der Waals surface area contributed by atoms with Crippen LogP contribution >= 0.6 is 11.8 Å². The van der Waals surface area contributed by atoms with Crippen molar-refractivity contribution in [1.29, 1.82) is 0 Å². The van der Waals surface area contributed by atoms with E-state index in [1.165, 1.54) is 28.2 Å². The molecule has 0 saturated carbocycles. The lowest BCUT2D eigenvalue weighted by atomic mass is 9.98. The fourth-order valence-corrected chi connectivity index (χ4v) is 6.04. The van der Waals surface area contributed by atoms with Crippen molar-refractivity contribution >= 4 is 17.7 Å². The van der Waals surface area contributed by atoms with Gasteiger partial charge in [0, 0.05) is 47.2 Å². The van der Waals surface area contributed by atoms with E-state index < -0.39 is 11.6 Å². The first-order valence-electron chi connectivity index (χ1n) is 12.2. The zero-order valence-electron chi connectivity index (χ0n) is 19.8. The highest BCUT2D eigenvalue weighted by atomic mass is 32.2. The number of fused-ring (bicyclic) bond motifs is 2. The highest BCUT2D eigenvalue weighted by molar-refractivity contribution is 7.98. The first-order valence-corrected chi connectivity index (χ1v) is 13.2.